The number of nitrogens with zero attached hydrogens (tertiary/aromatic N) is 1. The third-order valence-corrected chi connectivity index (χ3v) is 4.45. The quantitative estimate of drug-likeness (QED) is 0.800. The Balaban J connectivity index is 2.15. The van der Waals surface area contributed by atoms with Gasteiger partial charge in [0.2, 0.25) is 0 Å². The van der Waals surface area contributed by atoms with Gasteiger partial charge in [0.05, 0.1) is 10.4 Å². The van der Waals surface area contributed by atoms with Crippen LogP contribution >= 0.6 is 23.6 Å². The first-order valence-electron chi connectivity index (χ1n) is 6.14. The van der Waals surface area contributed by atoms with Gasteiger partial charge >= 0.3 is 0 Å². The average molecular weight is 300 g/mol. The smallest absolute Gasteiger partial charge is 0.262 e. The van der Waals surface area contributed by atoms with Gasteiger partial charge in [0.1, 0.15) is 11.7 Å². The number of hydrogen-bond acceptors (Lipinski definition) is 4. The van der Waals surface area contributed by atoms with E-state index < -0.39 is 5.60 Å². The molecule has 0 atom stereocenters. The van der Waals surface area contributed by atoms with Crippen molar-refractivity contribution in [2.24, 2.45) is 0 Å². The predicted octanol–water partition coefficient (Wildman–Crippen LogP) is 4.25. The van der Waals surface area contributed by atoms with Crippen LogP contribution < -0.4 is 5.32 Å². The summed E-state index contributed by atoms with van der Waals surface area (Å²) in [5.41, 5.74) is 3.26. The molecule has 0 aliphatic carbocycles. The van der Waals surface area contributed by atoms with E-state index in [1.54, 1.807) is 11.3 Å². The zero-order valence-corrected chi connectivity index (χ0v) is 12.7. The number of hydrogen-bond donors (Lipinski definition) is 1. The summed E-state index contributed by atoms with van der Waals surface area (Å²) >= 11 is 6.68. The summed E-state index contributed by atoms with van der Waals surface area (Å²) in [5, 5.41) is 14.5. The van der Waals surface area contributed by atoms with Gasteiger partial charge < -0.3 is 10.1 Å². The molecule has 2 heterocycles. The lowest BCUT2D eigenvalue weighted by Gasteiger charge is -2.34. The van der Waals surface area contributed by atoms with Crippen molar-refractivity contribution in [3.63, 3.8) is 0 Å². The molecule has 3 nitrogen and oxygen atoms in total. The molecule has 5 heteroatoms. The normalized spacial score (nSPS) is 15.8. The second-order valence-corrected chi connectivity index (χ2v) is 6.35. The topological polar surface area (TPSA) is 45.0 Å². The van der Waals surface area contributed by atoms with Crippen molar-refractivity contribution < 1.29 is 4.74 Å². The molecule has 0 saturated heterocycles. The molecule has 20 heavy (non-hydrogen) atoms. The van der Waals surface area contributed by atoms with E-state index in [-0.39, 0.29) is 0 Å². The lowest BCUT2D eigenvalue weighted by Crippen LogP contribution is -2.34. The number of nitriles is 1. The van der Waals surface area contributed by atoms with Gasteiger partial charge in [-0.05, 0) is 55.2 Å². The highest BCUT2D eigenvalue weighted by molar-refractivity contribution is 7.80. The van der Waals surface area contributed by atoms with E-state index in [0.29, 0.717) is 10.7 Å². The first kappa shape index (κ1) is 13.1. The molecule has 0 fully saturated rings. The zero-order chi connectivity index (χ0) is 14.3. The zero-order valence-electron chi connectivity index (χ0n) is 11.1. The van der Waals surface area contributed by atoms with E-state index >= 15 is 0 Å². The Morgan fingerprint density at radius 1 is 1.35 bits per heavy atom. The molecule has 1 N–H and O–H groups in total. The fraction of sp³-hybridized carbons (Fsp3) is 0.200. The Morgan fingerprint density at radius 2 is 2.15 bits per heavy atom. The van der Waals surface area contributed by atoms with Crippen LogP contribution in [0.1, 0.15) is 25.0 Å². The summed E-state index contributed by atoms with van der Waals surface area (Å²) in [5.74, 6) is 0. The predicted molar refractivity (Wildman–Crippen MR) is 84.8 cm³/mol. The van der Waals surface area contributed by atoms with Crippen molar-refractivity contribution in [2.75, 3.05) is 5.32 Å². The molecule has 3 rings (SSSR count). The number of anilines is 1. The molecule has 2 aromatic rings. The summed E-state index contributed by atoms with van der Waals surface area (Å²) in [7, 11) is 0. The highest BCUT2D eigenvalue weighted by Gasteiger charge is 2.32. The lowest BCUT2D eigenvalue weighted by atomic mass is 9.92. The molecule has 1 aromatic heterocycles. The van der Waals surface area contributed by atoms with Crippen LogP contribution in [0.5, 0.6) is 0 Å². The Bertz CT molecular complexity index is 741. The maximum atomic E-state index is 9.15. The van der Waals surface area contributed by atoms with E-state index in [1.165, 1.54) is 0 Å². The fourth-order valence-electron chi connectivity index (χ4n) is 2.34. The second kappa shape index (κ2) is 4.58. The molecule has 100 valence electrons. The van der Waals surface area contributed by atoms with Crippen molar-refractivity contribution in [1.29, 1.82) is 5.26 Å². The van der Waals surface area contributed by atoms with E-state index in [2.05, 4.69) is 17.5 Å². The monoisotopic (exact) mass is 300 g/mol. The molecular weight excluding hydrogens is 288 g/mol. The molecule has 0 bridgehead atoms. The number of fused-ring (bicyclic) bond motifs is 1. The maximum absolute atomic E-state index is 9.15. The van der Waals surface area contributed by atoms with Crippen LogP contribution in [-0.2, 0) is 10.3 Å². The Morgan fingerprint density at radius 3 is 2.90 bits per heavy atom. The van der Waals surface area contributed by atoms with E-state index in [9.17, 15) is 0 Å². The minimum atomic E-state index is -0.474. The Hall–Kier alpha value is -1.90. The molecule has 0 unspecified atom stereocenters. The van der Waals surface area contributed by atoms with E-state index in [1.807, 2.05) is 37.4 Å². The van der Waals surface area contributed by atoms with Crippen LogP contribution in [0.3, 0.4) is 0 Å². The maximum Gasteiger partial charge on any atom is 0.262 e. The van der Waals surface area contributed by atoms with Gasteiger partial charge in [-0.3, -0.25) is 0 Å². The highest BCUT2D eigenvalue weighted by atomic mass is 32.1. The highest BCUT2D eigenvalue weighted by Crippen LogP contribution is 2.39. The largest absolute Gasteiger partial charge is 0.460 e. The number of nitrogens with one attached hydrogen (secondary N) is 1. The van der Waals surface area contributed by atoms with Gasteiger partial charge in [0.25, 0.3) is 5.17 Å². The summed E-state index contributed by atoms with van der Waals surface area (Å²) in [4.78, 5) is 0.985. The van der Waals surface area contributed by atoms with Crippen molar-refractivity contribution >= 4 is 34.4 Å². The third kappa shape index (κ3) is 2.07. The SMILES string of the molecule is CC1(C)OC(=S)Nc2ccc(-c3sccc3C#N)cc21. The standard InChI is InChI=1S/C15H12N2OS2/c1-15(2)11-7-9(13-10(8-16)5-6-20-13)3-4-12(11)17-14(19)18-15/h3-7H,1-2H3,(H,17,19). The second-order valence-electron chi connectivity index (χ2n) is 5.06. The van der Waals surface area contributed by atoms with Gasteiger partial charge in [0.15, 0.2) is 0 Å². The van der Waals surface area contributed by atoms with Gasteiger partial charge in [-0.2, -0.15) is 5.26 Å². The molecule has 1 aromatic carbocycles. The van der Waals surface area contributed by atoms with Crippen LogP contribution in [0.4, 0.5) is 5.69 Å². The van der Waals surface area contributed by atoms with Gasteiger partial charge in [0, 0.05) is 11.3 Å². The molecule has 0 saturated carbocycles. The van der Waals surface area contributed by atoms with Crippen molar-refractivity contribution in [3.05, 3.63) is 40.8 Å². The number of benzene rings is 1. The van der Waals surface area contributed by atoms with E-state index in [4.69, 9.17) is 22.2 Å². The molecule has 1 aliphatic rings. The van der Waals surface area contributed by atoms with Crippen molar-refractivity contribution in [1.82, 2.24) is 0 Å². The van der Waals surface area contributed by atoms with Crippen LogP contribution in [0.2, 0.25) is 0 Å². The Kier molecular flexibility index (Phi) is 3.00. The van der Waals surface area contributed by atoms with Crippen LogP contribution in [-0.4, -0.2) is 5.17 Å². The number of rotatable bonds is 1. The first-order valence-corrected chi connectivity index (χ1v) is 7.42. The minimum Gasteiger partial charge on any atom is -0.460 e. The Labute approximate surface area is 126 Å². The average Bonchev–Trinajstić information content (AvgIpc) is 2.85. The van der Waals surface area contributed by atoms with Crippen molar-refractivity contribution in [2.45, 2.75) is 19.4 Å². The van der Waals surface area contributed by atoms with Crippen LogP contribution in [0.15, 0.2) is 29.6 Å². The minimum absolute atomic E-state index is 0.393. The number of thiophene rings is 1. The van der Waals surface area contributed by atoms with Gasteiger partial charge in [-0.15, -0.1) is 11.3 Å². The first-order chi connectivity index (χ1) is 9.51. The third-order valence-electron chi connectivity index (χ3n) is 3.30. The van der Waals surface area contributed by atoms with Crippen LogP contribution in [0.25, 0.3) is 10.4 Å². The van der Waals surface area contributed by atoms with E-state index in [0.717, 1.165) is 21.7 Å². The number of thiocarbonyl (C=S) groups is 1. The summed E-state index contributed by atoms with van der Waals surface area (Å²) < 4.78 is 5.69. The molecule has 0 spiro atoms. The fourth-order valence-corrected chi connectivity index (χ4v) is 3.50. The van der Waals surface area contributed by atoms with Gasteiger partial charge in [-0.1, -0.05) is 6.07 Å². The molecule has 0 amide bonds. The van der Waals surface area contributed by atoms with Crippen LogP contribution in [0, 0.1) is 11.3 Å². The number of ether oxygens (including phenoxy) is 1. The molecule has 0 radical (unpaired) electrons. The summed E-state index contributed by atoms with van der Waals surface area (Å²) in [6, 6.07) is 10.1. The van der Waals surface area contributed by atoms with Crippen molar-refractivity contribution in [3.8, 4) is 16.5 Å². The summed E-state index contributed by atoms with van der Waals surface area (Å²) in [6.07, 6.45) is 0. The molecular formula is C15H12N2OS2. The molecule has 1 aliphatic heterocycles. The summed E-state index contributed by atoms with van der Waals surface area (Å²) in [6.45, 7) is 3.98. The lowest BCUT2D eigenvalue weighted by molar-refractivity contribution is 0.0947. The van der Waals surface area contributed by atoms with Gasteiger partial charge in [-0.25, -0.2) is 0 Å².